The maximum absolute atomic E-state index is 13.0. The third kappa shape index (κ3) is 4.26. The summed E-state index contributed by atoms with van der Waals surface area (Å²) in [6, 6.07) is 8.20. The van der Waals surface area contributed by atoms with Crippen molar-refractivity contribution in [2.45, 2.75) is 56.7 Å². The molecule has 166 valence electrons. The molecular weight excluding hydrogens is 417 g/mol. The van der Waals surface area contributed by atoms with E-state index in [1.807, 2.05) is 16.9 Å². The lowest BCUT2D eigenvalue weighted by Gasteiger charge is -2.17. The van der Waals surface area contributed by atoms with Gasteiger partial charge in [0.2, 0.25) is 0 Å². The molecule has 0 unspecified atom stereocenters. The second-order valence-corrected chi connectivity index (χ2v) is 8.54. The number of benzene rings is 1. The maximum atomic E-state index is 13.0. The number of carbonyl (C=O) groups is 1. The zero-order chi connectivity index (χ0) is 22.3. The molecule has 2 heterocycles. The SMILES string of the molecule is O=C(N[C@H]1CCCCc2nn(-c3ccnc(C4CC4)c3)cc21)c1cccc(C(F)(F)F)c1. The van der Waals surface area contributed by atoms with Crippen LogP contribution in [0.1, 0.15) is 76.9 Å². The number of fused-ring (bicyclic) bond motifs is 1. The fraction of sp³-hybridized carbons (Fsp3) is 0.375. The molecule has 1 fully saturated rings. The average molecular weight is 440 g/mol. The van der Waals surface area contributed by atoms with Gasteiger partial charge in [-0.1, -0.05) is 12.5 Å². The maximum Gasteiger partial charge on any atom is 0.416 e. The number of hydrogen-bond acceptors (Lipinski definition) is 3. The van der Waals surface area contributed by atoms with Gasteiger partial charge in [0, 0.05) is 35.1 Å². The molecule has 2 aliphatic rings. The Balaban J connectivity index is 1.41. The number of aryl methyl sites for hydroxylation is 1. The van der Waals surface area contributed by atoms with Crippen LogP contribution in [0.4, 0.5) is 13.2 Å². The zero-order valence-electron chi connectivity index (χ0n) is 17.4. The van der Waals surface area contributed by atoms with Crippen molar-refractivity contribution in [1.82, 2.24) is 20.1 Å². The Kier molecular flexibility index (Phi) is 5.23. The minimum absolute atomic E-state index is 0.00113. The van der Waals surface area contributed by atoms with Crippen LogP contribution in [0.5, 0.6) is 0 Å². The van der Waals surface area contributed by atoms with E-state index in [0.717, 1.165) is 66.9 Å². The van der Waals surface area contributed by atoms with Gasteiger partial charge in [-0.15, -0.1) is 0 Å². The zero-order valence-corrected chi connectivity index (χ0v) is 17.4. The van der Waals surface area contributed by atoms with Crippen LogP contribution in [0.15, 0.2) is 48.8 Å². The molecule has 0 spiro atoms. The second-order valence-electron chi connectivity index (χ2n) is 8.54. The topological polar surface area (TPSA) is 59.8 Å². The number of halogens is 3. The summed E-state index contributed by atoms with van der Waals surface area (Å²) in [5.74, 6) is 0.0180. The summed E-state index contributed by atoms with van der Waals surface area (Å²) < 4.78 is 40.9. The first-order chi connectivity index (χ1) is 15.4. The molecule has 5 nitrogen and oxygen atoms in total. The van der Waals surface area contributed by atoms with Crippen molar-refractivity contribution < 1.29 is 18.0 Å². The molecular formula is C24H23F3N4O. The van der Waals surface area contributed by atoms with Gasteiger partial charge in [-0.3, -0.25) is 9.78 Å². The highest BCUT2D eigenvalue weighted by Crippen LogP contribution is 2.39. The van der Waals surface area contributed by atoms with Crippen LogP contribution in [0.25, 0.3) is 5.69 Å². The van der Waals surface area contributed by atoms with Gasteiger partial charge in [0.15, 0.2) is 0 Å². The van der Waals surface area contributed by atoms with Crippen molar-refractivity contribution in [3.63, 3.8) is 0 Å². The average Bonchev–Trinajstić information content (AvgIpc) is 3.58. The Morgan fingerprint density at radius 2 is 1.94 bits per heavy atom. The smallest absolute Gasteiger partial charge is 0.345 e. The van der Waals surface area contributed by atoms with E-state index in [0.29, 0.717) is 12.3 Å². The van der Waals surface area contributed by atoms with Crippen molar-refractivity contribution in [2.75, 3.05) is 0 Å². The molecule has 8 heteroatoms. The molecule has 32 heavy (non-hydrogen) atoms. The van der Waals surface area contributed by atoms with E-state index < -0.39 is 17.6 Å². The van der Waals surface area contributed by atoms with Gasteiger partial charge in [0.05, 0.1) is 23.0 Å². The number of nitrogens with one attached hydrogen (secondary N) is 1. The first-order valence-electron chi connectivity index (χ1n) is 10.9. The van der Waals surface area contributed by atoms with Crippen molar-refractivity contribution in [1.29, 1.82) is 0 Å². The first kappa shape index (κ1) is 20.7. The Hall–Kier alpha value is -3.16. The van der Waals surface area contributed by atoms with Crippen LogP contribution in [-0.4, -0.2) is 20.7 Å². The molecule has 1 N–H and O–H groups in total. The molecule has 1 amide bonds. The standard InChI is InChI=1S/C24H23F3N4O/c25-24(26,27)17-5-3-4-16(12-17)23(32)29-20-6-1-2-7-21-19(20)14-31(30-21)18-10-11-28-22(13-18)15-8-9-15/h3-5,10-15,20H,1-2,6-9H2,(H,29,32)/t20-/m0/s1. The normalized spacial score (nSPS) is 18.7. The number of alkyl halides is 3. The van der Waals surface area contributed by atoms with Gasteiger partial charge in [0.1, 0.15) is 0 Å². The third-order valence-corrected chi connectivity index (χ3v) is 6.14. The first-order valence-corrected chi connectivity index (χ1v) is 10.9. The Bertz CT molecular complexity index is 1150. The van der Waals surface area contributed by atoms with Crippen molar-refractivity contribution in [3.8, 4) is 5.69 Å². The summed E-state index contributed by atoms with van der Waals surface area (Å²) in [4.78, 5) is 17.3. The fourth-order valence-electron chi connectivity index (χ4n) is 4.25. The minimum atomic E-state index is -4.49. The summed E-state index contributed by atoms with van der Waals surface area (Å²) in [6.07, 6.45) is 4.94. The number of aromatic nitrogens is 3. The Morgan fingerprint density at radius 1 is 1.09 bits per heavy atom. The Labute approximate surface area is 183 Å². The number of hydrogen-bond donors (Lipinski definition) is 1. The van der Waals surface area contributed by atoms with Crippen LogP contribution >= 0.6 is 0 Å². The van der Waals surface area contributed by atoms with Crippen molar-refractivity contribution in [3.05, 3.63) is 76.9 Å². The lowest BCUT2D eigenvalue weighted by molar-refractivity contribution is -0.137. The van der Waals surface area contributed by atoms with E-state index in [-0.39, 0.29) is 11.6 Å². The minimum Gasteiger partial charge on any atom is -0.345 e. The lowest BCUT2D eigenvalue weighted by atomic mass is 10.0. The molecule has 1 aromatic carbocycles. The van der Waals surface area contributed by atoms with Crippen molar-refractivity contribution >= 4 is 5.91 Å². The van der Waals surface area contributed by atoms with Crippen LogP contribution < -0.4 is 5.32 Å². The molecule has 5 rings (SSSR count). The van der Waals surface area contributed by atoms with Crippen LogP contribution in [-0.2, 0) is 12.6 Å². The molecule has 2 aromatic heterocycles. The number of amides is 1. The van der Waals surface area contributed by atoms with E-state index in [1.165, 1.54) is 12.1 Å². The van der Waals surface area contributed by atoms with Gasteiger partial charge in [-0.2, -0.15) is 18.3 Å². The summed E-state index contributed by atoms with van der Waals surface area (Å²) in [6.45, 7) is 0. The Morgan fingerprint density at radius 3 is 2.72 bits per heavy atom. The van der Waals surface area contributed by atoms with Gasteiger partial charge in [-0.05, 0) is 62.4 Å². The van der Waals surface area contributed by atoms with E-state index >= 15 is 0 Å². The van der Waals surface area contributed by atoms with Gasteiger partial charge in [0.25, 0.3) is 5.91 Å². The van der Waals surface area contributed by atoms with Gasteiger partial charge in [-0.25, -0.2) is 4.68 Å². The van der Waals surface area contributed by atoms with Crippen molar-refractivity contribution in [2.24, 2.45) is 0 Å². The quantitative estimate of drug-likeness (QED) is 0.556. The van der Waals surface area contributed by atoms with E-state index in [1.54, 1.807) is 6.20 Å². The van der Waals surface area contributed by atoms with E-state index in [9.17, 15) is 18.0 Å². The number of nitrogens with zero attached hydrogens (tertiary/aromatic N) is 3. The number of carbonyl (C=O) groups excluding carboxylic acids is 1. The summed E-state index contributed by atoms with van der Waals surface area (Å²) in [5, 5.41) is 7.71. The van der Waals surface area contributed by atoms with E-state index in [2.05, 4.69) is 16.4 Å². The van der Waals surface area contributed by atoms with Crippen LogP contribution in [0.3, 0.4) is 0 Å². The van der Waals surface area contributed by atoms with Crippen LogP contribution in [0.2, 0.25) is 0 Å². The van der Waals surface area contributed by atoms with Crippen LogP contribution in [0, 0.1) is 0 Å². The highest BCUT2D eigenvalue weighted by atomic mass is 19.4. The lowest BCUT2D eigenvalue weighted by Crippen LogP contribution is -2.28. The second kappa shape index (κ2) is 8.07. The largest absolute Gasteiger partial charge is 0.416 e. The molecule has 0 bridgehead atoms. The predicted molar refractivity (Wildman–Crippen MR) is 113 cm³/mol. The summed E-state index contributed by atoms with van der Waals surface area (Å²) in [5.41, 5.74) is 3.01. The summed E-state index contributed by atoms with van der Waals surface area (Å²) in [7, 11) is 0. The predicted octanol–water partition coefficient (Wildman–Crippen LogP) is 5.36. The molecule has 3 aromatic rings. The highest BCUT2D eigenvalue weighted by Gasteiger charge is 2.31. The molecule has 0 aliphatic heterocycles. The van der Waals surface area contributed by atoms with E-state index in [4.69, 9.17) is 5.10 Å². The number of rotatable bonds is 4. The molecule has 1 atom stereocenters. The molecule has 0 radical (unpaired) electrons. The molecule has 2 aliphatic carbocycles. The third-order valence-electron chi connectivity index (χ3n) is 6.14. The van der Waals surface area contributed by atoms with Gasteiger partial charge >= 0.3 is 6.18 Å². The monoisotopic (exact) mass is 440 g/mol. The summed E-state index contributed by atoms with van der Waals surface area (Å²) >= 11 is 0. The number of pyridine rings is 1. The fourth-order valence-corrected chi connectivity index (χ4v) is 4.25. The van der Waals surface area contributed by atoms with Gasteiger partial charge < -0.3 is 5.32 Å². The molecule has 0 saturated heterocycles. The highest BCUT2D eigenvalue weighted by molar-refractivity contribution is 5.94. The molecule has 1 saturated carbocycles.